The summed E-state index contributed by atoms with van der Waals surface area (Å²) in [4.78, 5) is 11.0. The summed E-state index contributed by atoms with van der Waals surface area (Å²) >= 11 is 0. The number of benzene rings is 1. The third kappa shape index (κ3) is 2.79. The number of esters is 1. The smallest absolute Gasteiger partial charge is 0.342 e. The lowest BCUT2D eigenvalue weighted by atomic mass is 10.0. The Balaban J connectivity index is 3.07. The first-order valence-electron chi connectivity index (χ1n) is 5.09. The van der Waals surface area contributed by atoms with Crippen molar-refractivity contribution in [1.82, 2.24) is 0 Å². The van der Waals surface area contributed by atoms with E-state index in [-0.39, 0.29) is 6.61 Å². The highest BCUT2D eigenvalue weighted by molar-refractivity contribution is 5.75. The van der Waals surface area contributed by atoms with Gasteiger partial charge in [-0.3, -0.25) is 0 Å². The van der Waals surface area contributed by atoms with E-state index >= 15 is 0 Å². The van der Waals surface area contributed by atoms with Gasteiger partial charge in [0.2, 0.25) is 6.17 Å². The molecule has 0 radical (unpaired) electrons. The fourth-order valence-electron chi connectivity index (χ4n) is 1.36. The van der Waals surface area contributed by atoms with Gasteiger partial charge in [0.25, 0.3) is 0 Å². The molecule has 1 unspecified atom stereocenters. The standard InChI is InChI=1S/C11H11F4NO2/c1-2-18-11(17)9(15)10(16)7-5(12)3-4-6(13)8(7)14/h3-4,9-10H,2,16H2,1H3/t9?,10-/m1/s1. The molecule has 2 N–H and O–H groups in total. The first-order valence-corrected chi connectivity index (χ1v) is 5.09. The first kappa shape index (κ1) is 14.4. The lowest BCUT2D eigenvalue weighted by molar-refractivity contribution is -0.150. The maximum atomic E-state index is 13.5. The van der Waals surface area contributed by atoms with Gasteiger partial charge in [-0.05, 0) is 19.1 Å². The molecule has 0 aliphatic carbocycles. The fraction of sp³-hybridized carbons (Fsp3) is 0.364. The van der Waals surface area contributed by atoms with Crippen LogP contribution < -0.4 is 5.73 Å². The van der Waals surface area contributed by atoms with E-state index in [1.165, 1.54) is 6.92 Å². The number of ether oxygens (including phenoxy) is 1. The zero-order valence-corrected chi connectivity index (χ0v) is 9.42. The van der Waals surface area contributed by atoms with Crippen LogP contribution in [0.25, 0.3) is 0 Å². The summed E-state index contributed by atoms with van der Waals surface area (Å²) in [6, 6.07) is -0.830. The normalized spacial score (nSPS) is 14.1. The average Bonchev–Trinajstić information content (AvgIpc) is 2.33. The van der Waals surface area contributed by atoms with E-state index in [0.717, 1.165) is 0 Å². The Morgan fingerprint density at radius 1 is 1.33 bits per heavy atom. The van der Waals surface area contributed by atoms with Crippen molar-refractivity contribution in [2.24, 2.45) is 5.73 Å². The number of hydrogen-bond acceptors (Lipinski definition) is 3. The molecule has 3 nitrogen and oxygen atoms in total. The maximum Gasteiger partial charge on any atom is 0.342 e. The number of alkyl halides is 1. The lowest BCUT2D eigenvalue weighted by Gasteiger charge is -2.17. The van der Waals surface area contributed by atoms with Gasteiger partial charge in [-0.15, -0.1) is 0 Å². The molecule has 100 valence electrons. The summed E-state index contributed by atoms with van der Waals surface area (Å²) in [6.07, 6.45) is -2.48. The number of hydrogen-bond donors (Lipinski definition) is 1. The van der Waals surface area contributed by atoms with Gasteiger partial charge in [0.05, 0.1) is 12.6 Å². The predicted octanol–water partition coefficient (Wildman–Crippen LogP) is 2.00. The molecular formula is C11H11F4NO2. The number of halogens is 4. The monoisotopic (exact) mass is 265 g/mol. The minimum Gasteiger partial charge on any atom is -0.464 e. The van der Waals surface area contributed by atoms with Crippen LogP contribution in [0.5, 0.6) is 0 Å². The summed E-state index contributed by atoms with van der Waals surface area (Å²) in [6.45, 7) is 1.32. The summed E-state index contributed by atoms with van der Waals surface area (Å²) in [7, 11) is 0. The van der Waals surface area contributed by atoms with Gasteiger partial charge in [0.15, 0.2) is 11.6 Å². The second-order valence-electron chi connectivity index (χ2n) is 3.44. The van der Waals surface area contributed by atoms with Gasteiger partial charge in [-0.1, -0.05) is 0 Å². The molecule has 0 aliphatic rings. The van der Waals surface area contributed by atoms with Crippen molar-refractivity contribution in [3.05, 3.63) is 35.1 Å². The molecule has 0 aliphatic heterocycles. The summed E-state index contributed by atoms with van der Waals surface area (Å²) in [5, 5.41) is 0. The minimum absolute atomic E-state index is 0.111. The Hall–Kier alpha value is -1.63. The third-order valence-electron chi connectivity index (χ3n) is 2.24. The van der Waals surface area contributed by atoms with E-state index in [9.17, 15) is 22.4 Å². The van der Waals surface area contributed by atoms with Crippen LogP contribution in [-0.4, -0.2) is 18.7 Å². The second-order valence-corrected chi connectivity index (χ2v) is 3.44. The average molecular weight is 265 g/mol. The number of nitrogens with two attached hydrogens (primary N) is 1. The molecular weight excluding hydrogens is 254 g/mol. The Bertz CT molecular complexity index is 453. The van der Waals surface area contributed by atoms with Crippen LogP contribution in [-0.2, 0) is 9.53 Å². The zero-order valence-electron chi connectivity index (χ0n) is 9.42. The van der Waals surface area contributed by atoms with Crippen LogP contribution in [0.15, 0.2) is 12.1 Å². The second kappa shape index (κ2) is 5.81. The molecule has 0 heterocycles. The van der Waals surface area contributed by atoms with E-state index < -0.39 is 41.2 Å². The van der Waals surface area contributed by atoms with Crippen LogP contribution >= 0.6 is 0 Å². The molecule has 1 rings (SSSR count). The van der Waals surface area contributed by atoms with Crippen LogP contribution in [0.4, 0.5) is 17.6 Å². The third-order valence-corrected chi connectivity index (χ3v) is 2.24. The van der Waals surface area contributed by atoms with Crippen LogP contribution in [0, 0.1) is 17.5 Å². The lowest BCUT2D eigenvalue weighted by Crippen LogP contribution is -2.33. The summed E-state index contributed by atoms with van der Waals surface area (Å²) < 4.78 is 57.3. The SMILES string of the molecule is CCOC(=O)C(F)[C@H](N)c1c(F)ccc(F)c1F. The van der Waals surface area contributed by atoms with Crippen molar-refractivity contribution in [2.45, 2.75) is 19.1 Å². The van der Waals surface area contributed by atoms with Crippen molar-refractivity contribution < 1.29 is 27.1 Å². The number of carbonyl (C=O) groups excluding carboxylic acids is 1. The maximum absolute atomic E-state index is 13.5. The molecule has 18 heavy (non-hydrogen) atoms. The Labute approximate surface area is 101 Å². The van der Waals surface area contributed by atoms with Gasteiger partial charge in [-0.2, -0.15) is 0 Å². The highest BCUT2D eigenvalue weighted by Crippen LogP contribution is 2.25. The largest absolute Gasteiger partial charge is 0.464 e. The molecule has 1 aromatic carbocycles. The van der Waals surface area contributed by atoms with Gasteiger partial charge in [0, 0.05) is 5.56 Å². The molecule has 0 saturated heterocycles. The van der Waals surface area contributed by atoms with Crippen LogP contribution in [0.2, 0.25) is 0 Å². The van der Waals surface area contributed by atoms with E-state index in [2.05, 4.69) is 4.74 Å². The Morgan fingerprint density at radius 3 is 2.44 bits per heavy atom. The van der Waals surface area contributed by atoms with Crippen molar-refractivity contribution in [3.8, 4) is 0 Å². The van der Waals surface area contributed by atoms with Gasteiger partial charge >= 0.3 is 5.97 Å². The summed E-state index contributed by atoms with van der Waals surface area (Å²) in [5.74, 6) is -5.58. The van der Waals surface area contributed by atoms with Crippen molar-refractivity contribution in [1.29, 1.82) is 0 Å². The topological polar surface area (TPSA) is 52.3 Å². The molecule has 7 heteroatoms. The van der Waals surface area contributed by atoms with E-state index in [4.69, 9.17) is 5.73 Å². The number of carbonyl (C=O) groups is 1. The zero-order chi connectivity index (χ0) is 13.9. The van der Waals surface area contributed by atoms with Crippen molar-refractivity contribution in [2.75, 3.05) is 6.61 Å². The molecule has 1 aromatic rings. The quantitative estimate of drug-likeness (QED) is 0.514. The molecule has 0 fully saturated rings. The molecule has 0 aromatic heterocycles. The Morgan fingerprint density at radius 2 is 1.89 bits per heavy atom. The fourth-order valence-corrected chi connectivity index (χ4v) is 1.36. The van der Waals surface area contributed by atoms with Gasteiger partial charge in [0.1, 0.15) is 5.82 Å². The van der Waals surface area contributed by atoms with Crippen LogP contribution in [0.3, 0.4) is 0 Å². The highest BCUT2D eigenvalue weighted by Gasteiger charge is 2.32. The molecule has 0 saturated carbocycles. The first-order chi connectivity index (χ1) is 8.40. The van der Waals surface area contributed by atoms with Gasteiger partial charge < -0.3 is 10.5 Å². The van der Waals surface area contributed by atoms with Crippen LogP contribution in [0.1, 0.15) is 18.5 Å². The molecule has 2 atom stereocenters. The van der Waals surface area contributed by atoms with E-state index in [1.807, 2.05) is 0 Å². The summed E-state index contributed by atoms with van der Waals surface area (Å²) in [5.41, 5.74) is 4.20. The van der Waals surface area contributed by atoms with Crippen molar-refractivity contribution >= 4 is 5.97 Å². The van der Waals surface area contributed by atoms with Crippen molar-refractivity contribution in [3.63, 3.8) is 0 Å². The molecule has 0 bridgehead atoms. The van der Waals surface area contributed by atoms with Gasteiger partial charge in [-0.25, -0.2) is 22.4 Å². The highest BCUT2D eigenvalue weighted by atomic mass is 19.2. The predicted molar refractivity (Wildman–Crippen MR) is 54.8 cm³/mol. The minimum atomic E-state index is -2.48. The van der Waals surface area contributed by atoms with E-state index in [1.54, 1.807) is 0 Å². The molecule has 0 spiro atoms. The van der Waals surface area contributed by atoms with E-state index in [0.29, 0.717) is 12.1 Å². The molecule has 0 amide bonds. The Kier molecular flexibility index (Phi) is 4.66. The number of rotatable bonds is 4.